The van der Waals surface area contributed by atoms with Crippen LogP contribution in [-0.4, -0.2) is 63.9 Å². The van der Waals surface area contributed by atoms with Crippen molar-refractivity contribution in [3.63, 3.8) is 0 Å². The zero-order valence-electron chi connectivity index (χ0n) is 15.0. The average molecular weight is 377 g/mol. The highest BCUT2D eigenvalue weighted by molar-refractivity contribution is 7.11. The van der Waals surface area contributed by atoms with Crippen molar-refractivity contribution in [3.8, 4) is 0 Å². The van der Waals surface area contributed by atoms with Crippen molar-refractivity contribution in [2.45, 2.75) is 26.7 Å². The Morgan fingerprint density at radius 1 is 1.23 bits per heavy atom. The van der Waals surface area contributed by atoms with Gasteiger partial charge in [-0.3, -0.25) is 19.4 Å². The molecule has 1 spiro atoms. The Hall–Kier alpha value is -1.96. The SMILES string of the molecule is CC(C)(C(=O)N1CC2(CN(C(=O)c3cncs3)C[C@H]2C(=O)O)C1)C1CC1. The van der Waals surface area contributed by atoms with Crippen molar-refractivity contribution in [2.75, 3.05) is 26.2 Å². The summed E-state index contributed by atoms with van der Waals surface area (Å²) in [7, 11) is 0. The summed E-state index contributed by atoms with van der Waals surface area (Å²) in [5.74, 6) is -1.14. The summed E-state index contributed by atoms with van der Waals surface area (Å²) in [6, 6.07) is 0. The van der Waals surface area contributed by atoms with E-state index >= 15 is 0 Å². The number of carboxylic acid groups (broad SMARTS) is 1. The van der Waals surface area contributed by atoms with E-state index in [9.17, 15) is 19.5 Å². The lowest BCUT2D eigenvalue weighted by Gasteiger charge is -2.51. The zero-order chi connectivity index (χ0) is 18.7. The van der Waals surface area contributed by atoms with E-state index in [4.69, 9.17) is 0 Å². The molecule has 140 valence electrons. The summed E-state index contributed by atoms with van der Waals surface area (Å²) >= 11 is 1.26. The molecule has 0 bridgehead atoms. The van der Waals surface area contributed by atoms with Crippen LogP contribution in [0, 0.1) is 22.7 Å². The third-order valence-electron chi connectivity index (χ3n) is 6.32. The van der Waals surface area contributed by atoms with Crippen LogP contribution in [0.1, 0.15) is 36.4 Å². The fraction of sp³-hybridized carbons (Fsp3) is 0.667. The van der Waals surface area contributed by atoms with E-state index in [0.717, 1.165) is 12.8 Å². The number of carbonyl (C=O) groups is 3. The summed E-state index contributed by atoms with van der Waals surface area (Å²) < 4.78 is 0. The van der Waals surface area contributed by atoms with Crippen LogP contribution in [0.4, 0.5) is 0 Å². The number of hydrogen-bond donors (Lipinski definition) is 1. The molecule has 7 nitrogen and oxygen atoms in total. The molecular formula is C18H23N3O4S. The Bertz CT molecular complexity index is 750. The van der Waals surface area contributed by atoms with Gasteiger partial charge in [0.2, 0.25) is 5.91 Å². The largest absolute Gasteiger partial charge is 0.481 e. The third-order valence-corrected chi connectivity index (χ3v) is 7.09. The molecule has 0 aromatic carbocycles. The molecule has 3 aliphatic rings. The number of aliphatic carboxylic acids is 1. The first-order valence-electron chi connectivity index (χ1n) is 8.94. The molecule has 2 amide bonds. The maximum Gasteiger partial charge on any atom is 0.309 e. The summed E-state index contributed by atoms with van der Waals surface area (Å²) in [5.41, 5.74) is 0.690. The lowest BCUT2D eigenvalue weighted by molar-refractivity contribution is -0.163. The Morgan fingerprint density at radius 3 is 2.42 bits per heavy atom. The van der Waals surface area contributed by atoms with E-state index in [0.29, 0.717) is 30.4 Å². The Kier molecular flexibility index (Phi) is 3.87. The van der Waals surface area contributed by atoms with Crippen LogP contribution < -0.4 is 0 Å². The topological polar surface area (TPSA) is 90.8 Å². The Balaban J connectivity index is 1.48. The molecule has 4 rings (SSSR count). The standard InChI is InChI=1S/C18H23N3O4S/c1-17(2,11-3-4-11)16(25)21-8-18(9-21)7-20(6-12(18)15(23)24)14(22)13-5-19-10-26-13/h5,10-12H,3-4,6-9H2,1-2H3,(H,23,24)/t12-/m0/s1. The number of carbonyl (C=O) groups excluding carboxylic acids is 2. The van der Waals surface area contributed by atoms with Crippen LogP contribution >= 0.6 is 11.3 Å². The quantitative estimate of drug-likeness (QED) is 0.860. The molecule has 2 saturated heterocycles. The van der Waals surface area contributed by atoms with Gasteiger partial charge in [0.1, 0.15) is 4.88 Å². The van der Waals surface area contributed by atoms with Gasteiger partial charge in [-0.15, -0.1) is 11.3 Å². The minimum atomic E-state index is -0.891. The first-order valence-corrected chi connectivity index (χ1v) is 9.82. The third kappa shape index (κ3) is 2.62. The van der Waals surface area contributed by atoms with Crippen molar-refractivity contribution < 1.29 is 19.5 Å². The lowest BCUT2D eigenvalue weighted by Crippen LogP contribution is -2.65. The normalized spacial score (nSPS) is 24.6. The van der Waals surface area contributed by atoms with Crippen LogP contribution in [0.2, 0.25) is 0 Å². The second kappa shape index (κ2) is 5.77. The molecule has 0 radical (unpaired) electrons. The molecule has 2 aliphatic heterocycles. The molecule has 8 heteroatoms. The van der Waals surface area contributed by atoms with Gasteiger partial charge in [-0.05, 0) is 18.8 Å². The van der Waals surface area contributed by atoms with Gasteiger partial charge in [0.15, 0.2) is 0 Å². The monoisotopic (exact) mass is 377 g/mol. The van der Waals surface area contributed by atoms with E-state index in [1.165, 1.54) is 17.5 Å². The average Bonchev–Trinajstić information content (AvgIpc) is 3.14. The van der Waals surface area contributed by atoms with Gasteiger partial charge in [-0.2, -0.15) is 0 Å². The Morgan fingerprint density at radius 2 is 1.88 bits per heavy atom. The number of amides is 2. The number of likely N-dealkylation sites (tertiary alicyclic amines) is 2. The van der Waals surface area contributed by atoms with Gasteiger partial charge >= 0.3 is 5.97 Å². The predicted octanol–water partition coefficient (Wildman–Crippen LogP) is 1.56. The first kappa shape index (κ1) is 17.5. The van der Waals surface area contributed by atoms with Gasteiger partial charge in [0, 0.05) is 37.0 Å². The van der Waals surface area contributed by atoms with Gasteiger partial charge in [-0.25, -0.2) is 0 Å². The minimum Gasteiger partial charge on any atom is -0.481 e. The van der Waals surface area contributed by atoms with Crippen LogP contribution in [0.5, 0.6) is 0 Å². The lowest BCUT2D eigenvalue weighted by atomic mass is 9.70. The molecule has 1 aliphatic carbocycles. The van der Waals surface area contributed by atoms with Crippen molar-refractivity contribution in [3.05, 3.63) is 16.6 Å². The number of rotatable bonds is 4. The summed E-state index contributed by atoms with van der Waals surface area (Å²) in [4.78, 5) is 45.1. The molecule has 1 aromatic rings. The van der Waals surface area contributed by atoms with Crippen molar-refractivity contribution in [1.29, 1.82) is 0 Å². The summed E-state index contributed by atoms with van der Waals surface area (Å²) in [6.45, 7) is 5.40. The second-order valence-electron chi connectivity index (χ2n) is 8.46. The van der Waals surface area contributed by atoms with Crippen LogP contribution in [0.15, 0.2) is 11.7 Å². The Labute approximate surface area is 156 Å². The second-order valence-corrected chi connectivity index (χ2v) is 9.35. The summed E-state index contributed by atoms with van der Waals surface area (Å²) in [5, 5.41) is 9.68. The minimum absolute atomic E-state index is 0.113. The molecule has 3 heterocycles. The van der Waals surface area contributed by atoms with E-state index in [1.807, 2.05) is 13.8 Å². The molecule has 0 unspecified atom stereocenters. The molecule has 1 saturated carbocycles. The van der Waals surface area contributed by atoms with Gasteiger partial charge in [-0.1, -0.05) is 13.8 Å². The molecule has 1 aromatic heterocycles. The number of nitrogens with zero attached hydrogens (tertiary/aromatic N) is 3. The highest BCUT2D eigenvalue weighted by Crippen LogP contribution is 2.50. The maximum atomic E-state index is 12.8. The van der Waals surface area contributed by atoms with Crippen LogP contribution in [0.25, 0.3) is 0 Å². The van der Waals surface area contributed by atoms with Crippen molar-refractivity contribution in [1.82, 2.24) is 14.8 Å². The van der Waals surface area contributed by atoms with Gasteiger partial charge in [0.25, 0.3) is 5.91 Å². The van der Waals surface area contributed by atoms with Crippen molar-refractivity contribution >= 4 is 29.1 Å². The van der Waals surface area contributed by atoms with E-state index in [1.54, 1.807) is 15.3 Å². The van der Waals surface area contributed by atoms with Crippen LogP contribution in [0.3, 0.4) is 0 Å². The zero-order valence-corrected chi connectivity index (χ0v) is 15.8. The van der Waals surface area contributed by atoms with Gasteiger partial charge < -0.3 is 14.9 Å². The molecule has 1 N–H and O–H groups in total. The number of thiazole rings is 1. The van der Waals surface area contributed by atoms with Crippen LogP contribution in [-0.2, 0) is 9.59 Å². The highest BCUT2D eigenvalue weighted by Gasteiger charge is 2.60. The fourth-order valence-corrected chi connectivity index (χ4v) is 5.09. The number of carboxylic acids is 1. The molecule has 3 fully saturated rings. The summed E-state index contributed by atoms with van der Waals surface area (Å²) in [6.07, 6.45) is 3.70. The molecular weight excluding hydrogens is 354 g/mol. The predicted molar refractivity (Wildman–Crippen MR) is 94.7 cm³/mol. The van der Waals surface area contributed by atoms with E-state index < -0.39 is 17.3 Å². The van der Waals surface area contributed by atoms with E-state index in [2.05, 4.69) is 4.98 Å². The van der Waals surface area contributed by atoms with Gasteiger partial charge in [0.05, 0.1) is 17.6 Å². The highest BCUT2D eigenvalue weighted by atomic mass is 32.1. The maximum absolute atomic E-state index is 12.8. The van der Waals surface area contributed by atoms with Crippen molar-refractivity contribution in [2.24, 2.45) is 22.7 Å². The first-order chi connectivity index (χ1) is 12.2. The van der Waals surface area contributed by atoms with E-state index in [-0.39, 0.29) is 23.8 Å². The molecule has 1 atom stereocenters. The fourth-order valence-electron chi connectivity index (χ4n) is 4.51. The number of aromatic nitrogens is 1. The molecule has 26 heavy (non-hydrogen) atoms. The number of hydrogen-bond acceptors (Lipinski definition) is 5. The smallest absolute Gasteiger partial charge is 0.309 e.